The lowest BCUT2D eigenvalue weighted by Crippen LogP contribution is -2.46. The van der Waals surface area contributed by atoms with E-state index in [0.717, 1.165) is 10.0 Å². The Bertz CT molecular complexity index is 505. The van der Waals surface area contributed by atoms with E-state index in [1.807, 2.05) is 26.0 Å². The zero-order valence-corrected chi connectivity index (χ0v) is 13.3. The maximum absolute atomic E-state index is 11.8. The van der Waals surface area contributed by atoms with Crippen LogP contribution >= 0.6 is 15.9 Å². The number of nitrogens with one attached hydrogen (secondary N) is 2. The van der Waals surface area contributed by atoms with E-state index in [1.54, 1.807) is 13.0 Å². The Kier molecular flexibility index (Phi) is 6.01. The summed E-state index contributed by atoms with van der Waals surface area (Å²) in [6, 6.07) is 3.98. The molecule has 3 N–H and O–H groups in total. The quantitative estimate of drug-likeness (QED) is 0.767. The summed E-state index contributed by atoms with van der Waals surface area (Å²) in [5.41, 5.74) is 1.61. The summed E-state index contributed by atoms with van der Waals surface area (Å²) in [4.78, 5) is 23.0. The molecule has 2 amide bonds. The summed E-state index contributed by atoms with van der Waals surface area (Å²) in [7, 11) is 0. The number of halogens is 1. The molecule has 0 saturated carbocycles. The van der Waals surface area contributed by atoms with Gasteiger partial charge in [-0.15, -0.1) is 0 Å². The number of carboxylic acid groups (broad SMARTS) is 1. The molecule has 0 saturated heterocycles. The maximum Gasteiger partial charge on any atom is 0.326 e. The van der Waals surface area contributed by atoms with Gasteiger partial charge in [0, 0.05) is 10.2 Å². The van der Waals surface area contributed by atoms with E-state index in [2.05, 4.69) is 26.6 Å². The van der Waals surface area contributed by atoms with Crippen molar-refractivity contribution in [3.8, 4) is 0 Å². The minimum atomic E-state index is -1.03. The second kappa shape index (κ2) is 7.28. The van der Waals surface area contributed by atoms with Gasteiger partial charge in [0.25, 0.3) is 0 Å². The number of amides is 2. The average Bonchev–Trinajstić information content (AvgIpc) is 2.39. The predicted octanol–water partition coefficient (Wildman–Crippen LogP) is 3.38. The number of hydrogen-bond donors (Lipinski definition) is 3. The molecule has 0 aliphatic heterocycles. The van der Waals surface area contributed by atoms with Crippen molar-refractivity contribution in [3.63, 3.8) is 0 Å². The predicted molar refractivity (Wildman–Crippen MR) is 81.9 cm³/mol. The van der Waals surface area contributed by atoms with Crippen LogP contribution < -0.4 is 10.6 Å². The summed E-state index contributed by atoms with van der Waals surface area (Å²) in [6.45, 7) is 5.59. The highest BCUT2D eigenvalue weighted by atomic mass is 79.9. The minimum absolute atomic E-state index is 0.134. The summed E-state index contributed by atoms with van der Waals surface area (Å²) in [5, 5.41) is 14.3. The van der Waals surface area contributed by atoms with Crippen LogP contribution in [0, 0.1) is 12.8 Å². The van der Waals surface area contributed by atoms with Crippen LogP contribution in [0.3, 0.4) is 0 Å². The molecule has 0 aromatic heterocycles. The van der Waals surface area contributed by atoms with Crippen LogP contribution in [0.2, 0.25) is 0 Å². The van der Waals surface area contributed by atoms with Gasteiger partial charge < -0.3 is 15.7 Å². The summed E-state index contributed by atoms with van der Waals surface area (Å²) >= 11 is 3.38. The Morgan fingerprint density at radius 1 is 1.40 bits per heavy atom. The van der Waals surface area contributed by atoms with Crippen molar-refractivity contribution in [2.75, 3.05) is 5.32 Å². The molecule has 1 aromatic rings. The second-order valence-corrected chi connectivity index (χ2v) is 5.62. The topological polar surface area (TPSA) is 78.4 Å². The van der Waals surface area contributed by atoms with Crippen LogP contribution in [0.1, 0.15) is 25.8 Å². The monoisotopic (exact) mass is 342 g/mol. The van der Waals surface area contributed by atoms with Crippen LogP contribution in [0.5, 0.6) is 0 Å². The Hall–Kier alpha value is -1.56. The van der Waals surface area contributed by atoms with E-state index in [4.69, 9.17) is 5.11 Å². The Labute approximate surface area is 126 Å². The van der Waals surface area contributed by atoms with Gasteiger partial charge in [0.05, 0.1) is 0 Å². The molecule has 0 bridgehead atoms. The zero-order valence-electron chi connectivity index (χ0n) is 11.7. The van der Waals surface area contributed by atoms with Gasteiger partial charge in [0.1, 0.15) is 6.04 Å². The highest BCUT2D eigenvalue weighted by Gasteiger charge is 2.25. The van der Waals surface area contributed by atoms with Gasteiger partial charge >= 0.3 is 12.0 Å². The first-order chi connectivity index (χ1) is 9.35. The molecule has 5 nitrogen and oxygen atoms in total. The number of rotatable bonds is 5. The third-order valence-electron chi connectivity index (χ3n) is 3.18. The number of benzene rings is 1. The molecule has 0 aliphatic carbocycles. The van der Waals surface area contributed by atoms with Crippen molar-refractivity contribution < 1.29 is 14.7 Å². The number of carboxylic acids is 1. The Morgan fingerprint density at radius 2 is 2.05 bits per heavy atom. The first kappa shape index (κ1) is 16.5. The Morgan fingerprint density at radius 3 is 2.55 bits per heavy atom. The molecule has 6 heteroatoms. The largest absolute Gasteiger partial charge is 0.480 e. The lowest BCUT2D eigenvalue weighted by atomic mass is 9.99. The second-order valence-electron chi connectivity index (χ2n) is 4.76. The third-order valence-corrected chi connectivity index (χ3v) is 4.07. The van der Waals surface area contributed by atoms with E-state index in [9.17, 15) is 9.59 Å². The number of carbonyl (C=O) groups is 2. The van der Waals surface area contributed by atoms with Crippen molar-refractivity contribution in [2.45, 2.75) is 33.2 Å². The van der Waals surface area contributed by atoms with E-state index in [1.165, 1.54) is 0 Å². The molecule has 1 unspecified atom stereocenters. The van der Waals surface area contributed by atoms with Gasteiger partial charge in [-0.1, -0.05) is 36.2 Å². The fourth-order valence-corrected chi connectivity index (χ4v) is 1.96. The summed E-state index contributed by atoms with van der Waals surface area (Å²) in [5.74, 6) is -1.16. The SMILES string of the molecule is CCC(C)[C@H](NC(=O)Nc1ccc(Br)c(C)c1)C(=O)O. The van der Waals surface area contributed by atoms with E-state index < -0.39 is 18.0 Å². The molecule has 0 aliphatic rings. The smallest absolute Gasteiger partial charge is 0.326 e. The molecule has 0 heterocycles. The number of hydrogen-bond acceptors (Lipinski definition) is 2. The van der Waals surface area contributed by atoms with E-state index in [-0.39, 0.29) is 5.92 Å². The number of aliphatic carboxylic acids is 1. The van der Waals surface area contributed by atoms with Gasteiger partial charge in [-0.25, -0.2) is 9.59 Å². The molecule has 1 aromatic carbocycles. The van der Waals surface area contributed by atoms with Gasteiger partial charge in [-0.05, 0) is 36.6 Å². The molecule has 2 atom stereocenters. The average molecular weight is 343 g/mol. The molecule has 0 spiro atoms. The van der Waals surface area contributed by atoms with Crippen molar-refractivity contribution >= 4 is 33.6 Å². The van der Waals surface area contributed by atoms with Gasteiger partial charge in [0.15, 0.2) is 0 Å². The minimum Gasteiger partial charge on any atom is -0.480 e. The molecule has 110 valence electrons. The molecule has 1 rings (SSSR count). The Balaban J connectivity index is 2.70. The van der Waals surface area contributed by atoms with E-state index >= 15 is 0 Å². The maximum atomic E-state index is 11.8. The highest BCUT2D eigenvalue weighted by Crippen LogP contribution is 2.20. The summed E-state index contributed by atoms with van der Waals surface area (Å²) < 4.78 is 0.950. The standard InChI is InChI=1S/C14H19BrN2O3/c1-4-8(2)12(13(18)19)17-14(20)16-10-5-6-11(15)9(3)7-10/h5-8,12H,4H2,1-3H3,(H,18,19)(H2,16,17,20)/t8?,12-/m0/s1. The molecule has 0 fully saturated rings. The highest BCUT2D eigenvalue weighted by molar-refractivity contribution is 9.10. The van der Waals surface area contributed by atoms with Crippen molar-refractivity contribution in [1.29, 1.82) is 0 Å². The number of carbonyl (C=O) groups excluding carboxylic acids is 1. The number of anilines is 1. The van der Waals surface area contributed by atoms with Gasteiger partial charge in [0.2, 0.25) is 0 Å². The first-order valence-corrected chi connectivity index (χ1v) is 7.21. The van der Waals surface area contributed by atoms with Crippen LogP contribution in [-0.2, 0) is 4.79 Å². The van der Waals surface area contributed by atoms with Crippen LogP contribution in [0.4, 0.5) is 10.5 Å². The molecular weight excluding hydrogens is 324 g/mol. The molecule has 0 radical (unpaired) electrons. The fourth-order valence-electron chi connectivity index (χ4n) is 1.71. The van der Waals surface area contributed by atoms with Crippen LogP contribution in [-0.4, -0.2) is 23.1 Å². The number of urea groups is 1. The molecular formula is C14H19BrN2O3. The van der Waals surface area contributed by atoms with E-state index in [0.29, 0.717) is 12.1 Å². The van der Waals surface area contributed by atoms with Crippen molar-refractivity contribution in [1.82, 2.24) is 5.32 Å². The first-order valence-electron chi connectivity index (χ1n) is 6.41. The van der Waals surface area contributed by atoms with Gasteiger partial charge in [-0.2, -0.15) is 0 Å². The summed E-state index contributed by atoms with van der Waals surface area (Å²) in [6.07, 6.45) is 0.675. The third kappa shape index (κ3) is 4.52. The number of aryl methyl sites for hydroxylation is 1. The lowest BCUT2D eigenvalue weighted by molar-refractivity contribution is -0.140. The fraction of sp³-hybridized carbons (Fsp3) is 0.429. The zero-order chi connectivity index (χ0) is 15.3. The lowest BCUT2D eigenvalue weighted by Gasteiger charge is -2.20. The van der Waals surface area contributed by atoms with Crippen LogP contribution in [0.15, 0.2) is 22.7 Å². The van der Waals surface area contributed by atoms with Crippen molar-refractivity contribution in [2.24, 2.45) is 5.92 Å². The van der Waals surface area contributed by atoms with Gasteiger partial charge in [-0.3, -0.25) is 0 Å². The molecule has 20 heavy (non-hydrogen) atoms. The normalized spacial score (nSPS) is 13.4. The van der Waals surface area contributed by atoms with Crippen molar-refractivity contribution in [3.05, 3.63) is 28.2 Å². The van der Waals surface area contributed by atoms with Crippen LogP contribution in [0.25, 0.3) is 0 Å².